The summed E-state index contributed by atoms with van der Waals surface area (Å²) < 4.78 is 64.6. The van der Waals surface area contributed by atoms with Crippen molar-refractivity contribution in [3.05, 3.63) is 0 Å². The van der Waals surface area contributed by atoms with Gasteiger partial charge in [0.25, 0.3) is 0 Å². The highest BCUT2D eigenvalue weighted by Crippen LogP contribution is 2.66. The summed E-state index contributed by atoms with van der Waals surface area (Å²) in [7, 11) is -20.9. The molecule has 7 atom stereocenters. The lowest BCUT2D eigenvalue weighted by Crippen LogP contribution is -2.34. The summed E-state index contributed by atoms with van der Waals surface area (Å²) >= 11 is 0. The zero-order chi connectivity index (χ0) is 20.6. The van der Waals surface area contributed by atoms with Gasteiger partial charge in [-0.1, -0.05) is 0 Å². The van der Waals surface area contributed by atoms with Crippen molar-refractivity contribution in [2.24, 2.45) is 0 Å². The topological polar surface area (TPSA) is 256 Å². The van der Waals surface area contributed by atoms with Gasteiger partial charge in [-0.15, -0.1) is 0 Å². The van der Waals surface area contributed by atoms with E-state index >= 15 is 0 Å². The first-order chi connectivity index (χ1) is 11.4. The van der Waals surface area contributed by atoms with Crippen LogP contribution in [-0.2, 0) is 40.7 Å². The predicted octanol–water partition coefficient (Wildman–Crippen LogP) is -1.39. The molecular formula is C6H16O16P4. The SMILES string of the molecule is CP(=O)(O)O[C@H]1O[C@H](COP(=O)(O)OP(=O)(O)OP(=O)(O)O)[C@@H](O)[C@H]1O. The number of ether oxygens (including phenoxy) is 1. The second-order valence-corrected chi connectivity index (χ2v) is 11.1. The molecule has 0 spiro atoms. The number of hydrogen-bond acceptors (Lipinski definition) is 11. The predicted molar refractivity (Wildman–Crippen MR) is 77.3 cm³/mol. The van der Waals surface area contributed by atoms with Gasteiger partial charge in [0, 0.05) is 6.66 Å². The molecule has 156 valence electrons. The molecule has 1 saturated heterocycles. The van der Waals surface area contributed by atoms with Gasteiger partial charge >= 0.3 is 31.1 Å². The lowest BCUT2D eigenvalue weighted by molar-refractivity contribution is -0.118. The molecule has 1 fully saturated rings. The fourth-order valence-corrected chi connectivity index (χ4v) is 5.19. The molecule has 0 aliphatic carbocycles. The summed E-state index contributed by atoms with van der Waals surface area (Å²) in [5.74, 6) is 0. The Balaban J connectivity index is 2.67. The van der Waals surface area contributed by atoms with Gasteiger partial charge in [0.15, 0.2) is 6.29 Å². The van der Waals surface area contributed by atoms with E-state index in [4.69, 9.17) is 24.3 Å². The smallest absolute Gasteiger partial charge is 0.387 e. The first kappa shape index (κ1) is 24.5. The first-order valence-electron chi connectivity index (χ1n) is 6.19. The Kier molecular flexibility index (Phi) is 7.94. The molecule has 0 bridgehead atoms. The average molecular weight is 468 g/mol. The van der Waals surface area contributed by atoms with E-state index in [0.717, 1.165) is 6.66 Å². The molecule has 0 aromatic carbocycles. The van der Waals surface area contributed by atoms with E-state index in [-0.39, 0.29) is 0 Å². The summed E-state index contributed by atoms with van der Waals surface area (Å²) in [6.07, 6.45) is -7.06. The van der Waals surface area contributed by atoms with Gasteiger partial charge in [0.1, 0.15) is 18.3 Å². The molecule has 26 heavy (non-hydrogen) atoms. The Morgan fingerprint density at radius 3 is 1.88 bits per heavy atom. The van der Waals surface area contributed by atoms with Crippen molar-refractivity contribution in [3.8, 4) is 0 Å². The van der Waals surface area contributed by atoms with Crippen LogP contribution in [-0.4, -0.2) is 72.6 Å². The Labute approximate surface area is 145 Å². The van der Waals surface area contributed by atoms with Gasteiger partial charge in [-0.25, -0.2) is 13.7 Å². The van der Waals surface area contributed by atoms with Crippen molar-refractivity contribution in [3.63, 3.8) is 0 Å². The standard InChI is InChI=1S/C6H16O16P4/c1-23(9,10)20-6-5(8)4(7)3(19-6)2-18-25(14,15)22-26(16,17)21-24(11,12)13/h3-8H,2H2,1H3,(H,9,10)(H,14,15)(H,16,17)(H2,11,12,13)/t3-,4-,5-,6-/m1/s1. The number of aliphatic hydroxyl groups is 2. The van der Waals surface area contributed by atoms with E-state index in [9.17, 15) is 33.4 Å². The van der Waals surface area contributed by atoms with Gasteiger partial charge in [0.05, 0.1) is 6.61 Å². The molecule has 16 nitrogen and oxygen atoms in total. The normalized spacial score (nSPS) is 34.0. The molecule has 0 radical (unpaired) electrons. The summed E-state index contributed by atoms with van der Waals surface area (Å²) in [5, 5.41) is 19.2. The summed E-state index contributed by atoms with van der Waals surface area (Å²) in [6, 6.07) is 0. The third-order valence-corrected chi connectivity index (χ3v) is 6.84. The van der Waals surface area contributed by atoms with Crippen LogP contribution in [0, 0.1) is 0 Å². The van der Waals surface area contributed by atoms with Crippen molar-refractivity contribution >= 4 is 31.1 Å². The van der Waals surface area contributed by atoms with Crippen LogP contribution < -0.4 is 0 Å². The lowest BCUT2D eigenvalue weighted by Gasteiger charge is -2.19. The largest absolute Gasteiger partial charge is 0.490 e. The Hall–Kier alpha value is 0.440. The van der Waals surface area contributed by atoms with Crippen LogP contribution in [0.15, 0.2) is 0 Å². The van der Waals surface area contributed by atoms with Crippen LogP contribution in [0.5, 0.6) is 0 Å². The molecule has 1 heterocycles. The number of phosphoric acid groups is 3. The second-order valence-electron chi connectivity index (χ2n) is 4.82. The third-order valence-electron chi connectivity index (χ3n) is 2.44. The van der Waals surface area contributed by atoms with Crippen molar-refractivity contribution in [1.82, 2.24) is 0 Å². The molecule has 1 rings (SSSR count). The minimum absolute atomic E-state index is 0.759. The number of rotatable bonds is 9. The molecule has 0 saturated carbocycles. The Morgan fingerprint density at radius 2 is 1.42 bits per heavy atom. The van der Waals surface area contributed by atoms with Gasteiger partial charge < -0.3 is 39.4 Å². The van der Waals surface area contributed by atoms with Crippen LogP contribution in [0.25, 0.3) is 0 Å². The van der Waals surface area contributed by atoms with Gasteiger partial charge in [-0.2, -0.15) is 8.62 Å². The monoisotopic (exact) mass is 468 g/mol. The van der Waals surface area contributed by atoms with Crippen molar-refractivity contribution < 1.29 is 75.3 Å². The molecule has 3 unspecified atom stereocenters. The number of hydrogen-bond donors (Lipinski definition) is 7. The van der Waals surface area contributed by atoms with Crippen LogP contribution >= 0.6 is 31.1 Å². The summed E-state index contributed by atoms with van der Waals surface area (Å²) in [4.78, 5) is 44.0. The first-order valence-corrected chi connectivity index (χ1v) is 12.7. The van der Waals surface area contributed by atoms with E-state index in [1.165, 1.54) is 0 Å². The molecule has 0 aromatic heterocycles. The number of phosphoric ester groups is 1. The molecular weight excluding hydrogens is 452 g/mol. The summed E-state index contributed by atoms with van der Waals surface area (Å²) in [6.45, 7) is -0.309. The van der Waals surface area contributed by atoms with E-state index in [0.29, 0.717) is 0 Å². The van der Waals surface area contributed by atoms with E-state index in [2.05, 4.69) is 17.7 Å². The van der Waals surface area contributed by atoms with Crippen LogP contribution in [0.3, 0.4) is 0 Å². The molecule has 0 amide bonds. The minimum Gasteiger partial charge on any atom is -0.387 e. The van der Waals surface area contributed by atoms with E-state index < -0.39 is 62.3 Å². The maximum atomic E-state index is 11.5. The van der Waals surface area contributed by atoms with E-state index in [1.54, 1.807) is 0 Å². The minimum atomic E-state index is -5.71. The third kappa shape index (κ3) is 8.63. The van der Waals surface area contributed by atoms with Gasteiger partial charge in [0.2, 0.25) is 0 Å². The second kappa shape index (κ2) is 8.44. The fraction of sp³-hybridized carbons (Fsp3) is 1.00. The van der Waals surface area contributed by atoms with Crippen molar-refractivity contribution in [2.75, 3.05) is 13.3 Å². The quantitative estimate of drug-likeness (QED) is 0.192. The maximum absolute atomic E-state index is 11.5. The fourth-order valence-electron chi connectivity index (χ4n) is 1.60. The highest BCUT2D eigenvalue weighted by molar-refractivity contribution is 7.66. The van der Waals surface area contributed by atoms with Crippen LogP contribution in [0.1, 0.15) is 0 Å². The van der Waals surface area contributed by atoms with Crippen molar-refractivity contribution in [2.45, 2.75) is 24.6 Å². The maximum Gasteiger partial charge on any atom is 0.490 e. The lowest BCUT2D eigenvalue weighted by atomic mass is 10.1. The zero-order valence-electron chi connectivity index (χ0n) is 12.6. The van der Waals surface area contributed by atoms with Gasteiger partial charge in [-0.05, 0) is 0 Å². The zero-order valence-corrected chi connectivity index (χ0v) is 16.2. The van der Waals surface area contributed by atoms with Crippen LogP contribution in [0.4, 0.5) is 0 Å². The average Bonchev–Trinajstić information content (AvgIpc) is 2.58. The van der Waals surface area contributed by atoms with Gasteiger partial charge in [-0.3, -0.25) is 13.6 Å². The Morgan fingerprint density at radius 1 is 0.885 bits per heavy atom. The van der Waals surface area contributed by atoms with E-state index in [1.807, 2.05) is 0 Å². The van der Waals surface area contributed by atoms with Crippen molar-refractivity contribution in [1.29, 1.82) is 0 Å². The van der Waals surface area contributed by atoms with Crippen LogP contribution in [0.2, 0.25) is 0 Å². The highest BCUT2D eigenvalue weighted by atomic mass is 31.3. The molecule has 7 N–H and O–H groups in total. The summed E-state index contributed by atoms with van der Waals surface area (Å²) in [5.41, 5.74) is 0. The molecule has 1 aliphatic rings. The highest BCUT2D eigenvalue weighted by Gasteiger charge is 2.47. The molecule has 1 aliphatic heterocycles. The Bertz CT molecular complexity index is 678. The molecule has 20 heteroatoms. The molecule has 0 aromatic rings. The number of aliphatic hydroxyl groups excluding tert-OH is 2.